The third-order valence-corrected chi connectivity index (χ3v) is 10.6. The molecular formula is C17H37N3S. The van der Waals surface area contributed by atoms with Crippen LogP contribution in [0.3, 0.4) is 0 Å². The normalized spacial score (nSPS) is 33.0. The lowest BCUT2D eigenvalue weighted by Crippen LogP contribution is -2.49. The van der Waals surface area contributed by atoms with E-state index in [1.807, 2.05) is 0 Å². The van der Waals surface area contributed by atoms with Gasteiger partial charge in [-0.15, -0.1) is 0 Å². The topological polar surface area (TPSA) is 18.5 Å². The van der Waals surface area contributed by atoms with Gasteiger partial charge in [0.15, 0.2) is 0 Å². The van der Waals surface area contributed by atoms with Crippen LogP contribution >= 0.6 is 10.0 Å². The summed E-state index contributed by atoms with van der Waals surface area (Å²) in [7, 11) is 4.36. The van der Waals surface area contributed by atoms with Crippen LogP contribution in [0, 0.1) is 0 Å². The molecule has 21 heavy (non-hydrogen) atoms. The molecule has 2 heterocycles. The second kappa shape index (κ2) is 8.19. The fraction of sp³-hybridized carbons (Fsp3) is 1.00. The molecule has 2 atom stereocenters. The molecule has 0 aromatic carbocycles. The Labute approximate surface area is 134 Å². The van der Waals surface area contributed by atoms with E-state index in [1.54, 1.807) is 0 Å². The Morgan fingerprint density at radius 3 is 2.33 bits per heavy atom. The van der Waals surface area contributed by atoms with Gasteiger partial charge in [-0.1, -0.05) is 20.3 Å². The zero-order chi connectivity index (χ0) is 15.3. The molecule has 2 aliphatic heterocycles. The summed E-state index contributed by atoms with van der Waals surface area (Å²) >= 11 is 0. The molecule has 0 amide bonds. The molecule has 0 saturated carbocycles. The molecule has 0 aromatic heterocycles. The van der Waals surface area contributed by atoms with E-state index in [0.717, 1.165) is 18.6 Å². The number of piperazine rings is 1. The minimum Gasteiger partial charge on any atom is -0.314 e. The van der Waals surface area contributed by atoms with Crippen molar-refractivity contribution in [3.05, 3.63) is 0 Å². The Kier molecular flexibility index (Phi) is 6.85. The molecule has 0 radical (unpaired) electrons. The zero-order valence-electron chi connectivity index (χ0n) is 14.7. The lowest BCUT2D eigenvalue weighted by atomic mass is 10.0. The summed E-state index contributed by atoms with van der Waals surface area (Å²) in [6.07, 6.45) is 4.18. The van der Waals surface area contributed by atoms with E-state index in [4.69, 9.17) is 0 Å². The van der Waals surface area contributed by atoms with Gasteiger partial charge in [0.25, 0.3) is 0 Å². The third kappa shape index (κ3) is 4.60. The van der Waals surface area contributed by atoms with Crippen LogP contribution < -0.4 is 5.32 Å². The number of nitrogens with one attached hydrogen (secondary N) is 1. The van der Waals surface area contributed by atoms with Crippen LogP contribution in [0.4, 0.5) is 0 Å². The maximum Gasteiger partial charge on any atom is 0.0218 e. The van der Waals surface area contributed by atoms with Gasteiger partial charge in [-0.25, -0.2) is 10.0 Å². The minimum atomic E-state index is -0.286. The van der Waals surface area contributed by atoms with E-state index in [1.165, 1.54) is 61.9 Å². The minimum absolute atomic E-state index is 0.286. The van der Waals surface area contributed by atoms with E-state index < -0.39 is 0 Å². The second-order valence-electron chi connectivity index (χ2n) is 7.08. The average molecular weight is 316 g/mol. The lowest BCUT2D eigenvalue weighted by molar-refractivity contribution is 0.179. The first-order valence-electron chi connectivity index (χ1n) is 8.95. The molecule has 0 bridgehead atoms. The largest absolute Gasteiger partial charge is 0.314 e. The van der Waals surface area contributed by atoms with E-state index in [0.29, 0.717) is 0 Å². The fourth-order valence-corrected chi connectivity index (χ4v) is 7.48. The highest BCUT2D eigenvalue weighted by Gasteiger charge is 2.31. The summed E-state index contributed by atoms with van der Waals surface area (Å²) in [5.41, 5.74) is 0. The highest BCUT2D eigenvalue weighted by molar-refractivity contribution is 8.33. The Morgan fingerprint density at radius 1 is 1.00 bits per heavy atom. The Morgan fingerprint density at radius 2 is 1.67 bits per heavy atom. The van der Waals surface area contributed by atoms with Crippen LogP contribution in [-0.2, 0) is 0 Å². The fourth-order valence-electron chi connectivity index (χ4n) is 3.95. The molecule has 2 rings (SSSR count). The first-order valence-corrected chi connectivity index (χ1v) is 11.3. The van der Waals surface area contributed by atoms with Gasteiger partial charge >= 0.3 is 0 Å². The Balaban J connectivity index is 1.78. The lowest BCUT2D eigenvalue weighted by Gasteiger charge is -2.49. The predicted molar refractivity (Wildman–Crippen MR) is 98.0 cm³/mol. The molecule has 2 saturated heterocycles. The second-order valence-corrected chi connectivity index (χ2v) is 11.4. The molecular weight excluding hydrogens is 278 g/mol. The highest BCUT2D eigenvalue weighted by atomic mass is 32.3. The summed E-state index contributed by atoms with van der Waals surface area (Å²) in [5.74, 6) is 5.89. The van der Waals surface area contributed by atoms with Crippen LogP contribution in [-0.4, -0.2) is 85.2 Å². The van der Waals surface area contributed by atoms with Crippen LogP contribution in [0.25, 0.3) is 0 Å². The van der Waals surface area contributed by atoms with Gasteiger partial charge in [-0.2, -0.15) is 0 Å². The third-order valence-electron chi connectivity index (χ3n) is 5.99. The predicted octanol–water partition coefficient (Wildman–Crippen LogP) is 2.22. The van der Waals surface area contributed by atoms with Gasteiger partial charge in [0.2, 0.25) is 0 Å². The van der Waals surface area contributed by atoms with Crippen molar-refractivity contribution in [3.8, 4) is 0 Å². The number of hydrogen-bond donors (Lipinski definition) is 1. The average Bonchev–Trinajstić information content (AvgIpc) is 2.51. The molecule has 2 aliphatic rings. The Bertz CT molecular complexity index is 306. The van der Waals surface area contributed by atoms with Crippen LogP contribution in [0.2, 0.25) is 0 Å². The standard InChI is InChI=1S/C17H37N3S/c1-5-21(6-2)13-12-20(4)17(15-21)9-7-8-16-14-18-10-11-19(16)3/h16-18H,5-15H2,1-4H3. The van der Waals surface area contributed by atoms with Crippen molar-refractivity contribution in [2.24, 2.45) is 0 Å². The van der Waals surface area contributed by atoms with Crippen LogP contribution in [0.5, 0.6) is 0 Å². The van der Waals surface area contributed by atoms with Crippen molar-refractivity contribution in [3.63, 3.8) is 0 Å². The molecule has 0 aromatic rings. The highest BCUT2D eigenvalue weighted by Crippen LogP contribution is 2.50. The van der Waals surface area contributed by atoms with Gasteiger partial charge in [0.05, 0.1) is 0 Å². The van der Waals surface area contributed by atoms with Gasteiger partial charge in [-0.05, 0) is 49.9 Å². The van der Waals surface area contributed by atoms with Crippen molar-refractivity contribution >= 4 is 10.0 Å². The number of hydrogen-bond acceptors (Lipinski definition) is 3. The van der Waals surface area contributed by atoms with E-state index >= 15 is 0 Å². The van der Waals surface area contributed by atoms with Gasteiger partial charge < -0.3 is 15.1 Å². The van der Waals surface area contributed by atoms with E-state index in [9.17, 15) is 0 Å². The summed E-state index contributed by atoms with van der Waals surface area (Å²) in [6, 6.07) is 1.62. The smallest absolute Gasteiger partial charge is 0.0218 e. The summed E-state index contributed by atoms with van der Waals surface area (Å²) in [5, 5.41) is 3.55. The van der Waals surface area contributed by atoms with Gasteiger partial charge in [0.1, 0.15) is 0 Å². The first-order chi connectivity index (χ1) is 10.1. The van der Waals surface area contributed by atoms with E-state index in [2.05, 4.69) is 43.1 Å². The molecule has 1 N–H and O–H groups in total. The number of nitrogens with zero attached hydrogens (tertiary/aromatic N) is 2. The Hall–Kier alpha value is 0.230. The number of likely N-dealkylation sites (N-methyl/N-ethyl adjacent to an activating group) is 1. The van der Waals surface area contributed by atoms with Crippen molar-refractivity contribution in [2.75, 3.05) is 63.3 Å². The van der Waals surface area contributed by atoms with Crippen LogP contribution in [0.15, 0.2) is 0 Å². The molecule has 0 spiro atoms. The van der Waals surface area contributed by atoms with Crippen LogP contribution in [0.1, 0.15) is 33.1 Å². The van der Waals surface area contributed by atoms with Crippen molar-refractivity contribution in [2.45, 2.75) is 45.2 Å². The molecule has 4 heteroatoms. The SMILES string of the molecule is CCS1(CC)CCN(C)C(CCCC2CNCCN2C)C1. The summed E-state index contributed by atoms with van der Waals surface area (Å²) in [6.45, 7) is 9.78. The molecule has 2 fully saturated rings. The zero-order valence-corrected chi connectivity index (χ0v) is 15.6. The summed E-state index contributed by atoms with van der Waals surface area (Å²) in [4.78, 5) is 5.20. The van der Waals surface area contributed by atoms with Gasteiger partial charge in [-0.3, -0.25) is 0 Å². The molecule has 0 aliphatic carbocycles. The maximum absolute atomic E-state index is 3.55. The van der Waals surface area contributed by atoms with Crippen molar-refractivity contribution < 1.29 is 0 Å². The molecule has 3 nitrogen and oxygen atoms in total. The molecule has 126 valence electrons. The quantitative estimate of drug-likeness (QED) is 0.811. The van der Waals surface area contributed by atoms with Crippen molar-refractivity contribution in [1.82, 2.24) is 15.1 Å². The summed E-state index contributed by atoms with van der Waals surface area (Å²) < 4.78 is 0. The molecule has 2 unspecified atom stereocenters. The first kappa shape index (κ1) is 17.6. The van der Waals surface area contributed by atoms with Gasteiger partial charge in [0, 0.05) is 38.3 Å². The maximum atomic E-state index is 3.55. The monoisotopic (exact) mass is 315 g/mol. The number of rotatable bonds is 6. The van der Waals surface area contributed by atoms with E-state index in [-0.39, 0.29) is 10.0 Å². The van der Waals surface area contributed by atoms with Crippen molar-refractivity contribution in [1.29, 1.82) is 0 Å².